The highest BCUT2D eigenvalue weighted by molar-refractivity contribution is 5.80. The molecule has 0 saturated carbocycles. The zero-order valence-corrected chi connectivity index (χ0v) is 14.4. The Morgan fingerprint density at radius 1 is 1.12 bits per heavy atom. The summed E-state index contributed by atoms with van der Waals surface area (Å²) >= 11 is 0. The Morgan fingerprint density at radius 2 is 1.83 bits per heavy atom. The second kappa shape index (κ2) is 8.48. The molecular weight excluding hydrogens is 305 g/mol. The van der Waals surface area contributed by atoms with Crippen LogP contribution >= 0.6 is 0 Å². The minimum absolute atomic E-state index is 0.132. The van der Waals surface area contributed by atoms with Crippen molar-refractivity contribution in [3.8, 4) is 5.75 Å². The first-order chi connectivity index (χ1) is 11.5. The van der Waals surface area contributed by atoms with E-state index in [4.69, 9.17) is 4.74 Å². The molecule has 128 valence electrons. The van der Waals surface area contributed by atoms with Crippen molar-refractivity contribution in [1.82, 2.24) is 5.32 Å². The minimum atomic E-state index is -0.544. The lowest BCUT2D eigenvalue weighted by Gasteiger charge is -2.15. The molecule has 0 saturated heterocycles. The van der Waals surface area contributed by atoms with Crippen LogP contribution in [0.15, 0.2) is 42.5 Å². The first-order valence-electron chi connectivity index (χ1n) is 8.22. The van der Waals surface area contributed by atoms with E-state index in [9.17, 15) is 9.18 Å². The molecule has 0 heterocycles. The lowest BCUT2D eigenvalue weighted by molar-refractivity contribution is -0.127. The molecule has 0 radical (unpaired) electrons. The molecule has 1 N–H and O–H groups in total. The molecule has 0 aliphatic rings. The normalized spacial score (nSPS) is 11.8. The zero-order chi connectivity index (χ0) is 17.5. The molecule has 0 fully saturated rings. The number of rotatable bonds is 7. The molecule has 0 aliphatic carbocycles. The number of carbonyl (C=O) groups excluding carboxylic acids is 1. The Balaban J connectivity index is 1.73. The summed E-state index contributed by atoms with van der Waals surface area (Å²) in [6, 6.07) is 12.2. The number of benzene rings is 2. The molecule has 0 bridgehead atoms. The van der Waals surface area contributed by atoms with Crippen molar-refractivity contribution in [2.45, 2.75) is 39.7 Å². The fourth-order valence-electron chi connectivity index (χ4n) is 2.34. The van der Waals surface area contributed by atoms with E-state index < -0.39 is 6.10 Å². The fraction of sp³-hybridized carbons (Fsp3) is 0.350. The van der Waals surface area contributed by atoms with E-state index >= 15 is 0 Å². The summed E-state index contributed by atoms with van der Waals surface area (Å²) in [4.78, 5) is 12.1. The molecule has 4 heteroatoms. The van der Waals surface area contributed by atoms with Crippen molar-refractivity contribution in [3.05, 3.63) is 65.0 Å². The van der Waals surface area contributed by atoms with Crippen LogP contribution < -0.4 is 10.1 Å². The van der Waals surface area contributed by atoms with Gasteiger partial charge < -0.3 is 10.1 Å². The van der Waals surface area contributed by atoms with Gasteiger partial charge >= 0.3 is 0 Å². The number of hydrogen-bond donors (Lipinski definition) is 1. The number of nitrogens with one attached hydrogen (secondary N) is 1. The van der Waals surface area contributed by atoms with Crippen molar-refractivity contribution in [2.24, 2.45) is 0 Å². The topological polar surface area (TPSA) is 38.3 Å². The van der Waals surface area contributed by atoms with E-state index in [1.165, 1.54) is 17.7 Å². The van der Waals surface area contributed by atoms with Gasteiger partial charge in [0.15, 0.2) is 6.10 Å². The van der Waals surface area contributed by atoms with Crippen LogP contribution in [-0.4, -0.2) is 18.6 Å². The first-order valence-corrected chi connectivity index (χ1v) is 8.22. The third-order valence-corrected chi connectivity index (χ3v) is 4.02. The summed E-state index contributed by atoms with van der Waals surface area (Å²) in [5.74, 6) is 0.337. The predicted octanol–water partition coefficient (Wildman–Crippen LogP) is 3.96. The summed E-state index contributed by atoms with van der Waals surface area (Å²) in [5, 5.41) is 2.87. The van der Waals surface area contributed by atoms with Crippen molar-refractivity contribution in [3.63, 3.8) is 0 Å². The van der Waals surface area contributed by atoms with Gasteiger partial charge in [-0.3, -0.25) is 4.79 Å². The van der Waals surface area contributed by atoms with Crippen LogP contribution in [0.25, 0.3) is 0 Å². The monoisotopic (exact) mass is 329 g/mol. The zero-order valence-electron chi connectivity index (χ0n) is 14.4. The van der Waals surface area contributed by atoms with E-state index in [1.54, 1.807) is 19.1 Å². The Kier molecular flexibility index (Phi) is 6.36. The van der Waals surface area contributed by atoms with Crippen LogP contribution in [0.3, 0.4) is 0 Å². The fourth-order valence-corrected chi connectivity index (χ4v) is 2.34. The van der Waals surface area contributed by atoms with Gasteiger partial charge in [0.25, 0.3) is 5.91 Å². The van der Waals surface area contributed by atoms with Gasteiger partial charge in [0, 0.05) is 6.54 Å². The van der Waals surface area contributed by atoms with E-state index in [2.05, 4.69) is 5.32 Å². The van der Waals surface area contributed by atoms with Gasteiger partial charge in [0.05, 0.1) is 0 Å². The number of aryl methyl sites for hydroxylation is 3. The van der Waals surface area contributed by atoms with E-state index in [1.807, 2.05) is 32.0 Å². The summed E-state index contributed by atoms with van der Waals surface area (Å²) < 4.78 is 18.5. The van der Waals surface area contributed by atoms with E-state index in [-0.39, 0.29) is 11.7 Å². The molecular formula is C20H24FNO2. The average Bonchev–Trinajstić information content (AvgIpc) is 2.56. The highest BCUT2D eigenvalue weighted by Crippen LogP contribution is 2.17. The van der Waals surface area contributed by atoms with Crippen LogP contribution in [0.1, 0.15) is 30.0 Å². The second-order valence-corrected chi connectivity index (χ2v) is 6.03. The van der Waals surface area contributed by atoms with Crippen molar-refractivity contribution in [2.75, 3.05) is 6.54 Å². The summed E-state index contributed by atoms with van der Waals surface area (Å²) in [6.07, 6.45) is 1.05. The molecule has 2 rings (SSSR count). The second-order valence-electron chi connectivity index (χ2n) is 6.03. The lowest BCUT2D eigenvalue weighted by atomic mass is 10.1. The van der Waals surface area contributed by atoms with Crippen molar-refractivity contribution in [1.29, 1.82) is 0 Å². The third kappa shape index (κ3) is 5.37. The lowest BCUT2D eigenvalue weighted by Crippen LogP contribution is -2.36. The predicted molar refractivity (Wildman–Crippen MR) is 93.7 cm³/mol. The Hall–Kier alpha value is -2.36. The van der Waals surface area contributed by atoms with Gasteiger partial charge in [0.1, 0.15) is 11.6 Å². The van der Waals surface area contributed by atoms with Crippen LogP contribution in [0.4, 0.5) is 4.39 Å². The number of hydrogen-bond acceptors (Lipinski definition) is 2. The Bertz CT molecular complexity index is 683. The van der Waals surface area contributed by atoms with E-state index in [0.29, 0.717) is 12.3 Å². The molecule has 2 aromatic rings. The number of carbonyl (C=O) groups is 1. The van der Waals surface area contributed by atoms with E-state index in [0.717, 1.165) is 24.0 Å². The van der Waals surface area contributed by atoms with Crippen LogP contribution in [0, 0.1) is 19.7 Å². The molecule has 1 amide bonds. The van der Waals surface area contributed by atoms with Crippen molar-refractivity contribution < 1.29 is 13.9 Å². The molecule has 0 aromatic heterocycles. The molecule has 1 atom stereocenters. The molecule has 1 unspecified atom stereocenters. The average molecular weight is 329 g/mol. The maximum atomic E-state index is 12.8. The molecule has 3 nitrogen and oxygen atoms in total. The van der Waals surface area contributed by atoms with Crippen LogP contribution in [-0.2, 0) is 11.2 Å². The van der Waals surface area contributed by atoms with Gasteiger partial charge in [0.2, 0.25) is 0 Å². The summed E-state index contributed by atoms with van der Waals surface area (Å²) in [7, 11) is 0. The van der Waals surface area contributed by atoms with Gasteiger partial charge in [-0.05, 0) is 74.6 Å². The quantitative estimate of drug-likeness (QED) is 0.781. The van der Waals surface area contributed by atoms with Crippen LogP contribution in [0.2, 0.25) is 0 Å². The summed E-state index contributed by atoms with van der Waals surface area (Å²) in [5.41, 5.74) is 3.39. The molecule has 24 heavy (non-hydrogen) atoms. The summed E-state index contributed by atoms with van der Waals surface area (Å²) in [6.45, 7) is 6.36. The molecule has 0 aliphatic heterocycles. The maximum absolute atomic E-state index is 12.8. The Morgan fingerprint density at radius 3 is 2.50 bits per heavy atom. The Labute approximate surface area is 142 Å². The minimum Gasteiger partial charge on any atom is -0.481 e. The number of ether oxygens (including phenoxy) is 1. The highest BCUT2D eigenvalue weighted by atomic mass is 19.1. The van der Waals surface area contributed by atoms with Crippen LogP contribution in [0.5, 0.6) is 5.75 Å². The largest absolute Gasteiger partial charge is 0.481 e. The number of amides is 1. The smallest absolute Gasteiger partial charge is 0.260 e. The third-order valence-electron chi connectivity index (χ3n) is 4.02. The number of halogens is 1. The molecule has 0 spiro atoms. The van der Waals surface area contributed by atoms with Gasteiger partial charge in [-0.1, -0.05) is 18.2 Å². The van der Waals surface area contributed by atoms with Crippen molar-refractivity contribution >= 4 is 5.91 Å². The maximum Gasteiger partial charge on any atom is 0.260 e. The standard InChI is InChI=1S/C20H24FNO2/c1-14-6-11-19(13-15(14)2)24-16(3)20(23)22-12-4-5-17-7-9-18(21)10-8-17/h6-11,13,16H,4-5,12H2,1-3H3,(H,22,23). The van der Waals surface area contributed by atoms with Gasteiger partial charge in [-0.2, -0.15) is 0 Å². The van der Waals surface area contributed by atoms with Gasteiger partial charge in [-0.15, -0.1) is 0 Å². The molecule has 2 aromatic carbocycles. The first kappa shape index (κ1) is 18.0. The van der Waals surface area contributed by atoms with Gasteiger partial charge in [-0.25, -0.2) is 4.39 Å². The SMILES string of the molecule is Cc1ccc(OC(C)C(=O)NCCCc2ccc(F)cc2)cc1C. The highest BCUT2D eigenvalue weighted by Gasteiger charge is 2.14.